The maximum atomic E-state index is 9.49. The average Bonchev–Trinajstić information content (AvgIpc) is 3.05. The molecule has 6 heteroatoms. The van der Waals surface area contributed by atoms with Gasteiger partial charge in [0.25, 0.3) is 0 Å². The number of piperazine rings is 1. The molecule has 0 saturated carbocycles. The number of aliphatic hydroxyl groups is 1. The second kappa shape index (κ2) is 8.56. The number of hydrogen-bond donors (Lipinski definition) is 1. The highest BCUT2D eigenvalue weighted by Crippen LogP contribution is 2.17. The van der Waals surface area contributed by atoms with Gasteiger partial charge in [-0.1, -0.05) is 6.07 Å². The zero-order valence-corrected chi connectivity index (χ0v) is 15.3. The first kappa shape index (κ1) is 18.0. The number of aromatic nitrogens is 3. The van der Waals surface area contributed by atoms with Crippen molar-refractivity contribution in [3.63, 3.8) is 0 Å². The molecule has 0 radical (unpaired) electrons. The van der Waals surface area contributed by atoms with E-state index in [1.807, 2.05) is 25.4 Å². The van der Waals surface area contributed by atoms with Crippen LogP contribution in [0.4, 0.5) is 0 Å². The standard InChI is InChI=1S/C19H29N5O/c1-3-23-9-8-20-19(23)15-22-10-11-24(18(14-22)7-12-25)13-17-6-4-5-16(2)21-17/h4-6,8-9,18,25H,3,7,10-15H2,1-2H3/t18-/m1/s1. The SMILES string of the molecule is CCn1ccnc1CN1CCN(Cc2cccc(C)n2)[C@H](CCO)C1. The lowest BCUT2D eigenvalue weighted by atomic mass is 10.1. The van der Waals surface area contributed by atoms with Crippen molar-refractivity contribution < 1.29 is 5.11 Å². The van der Waals surface area contributed by atoms with Crippen LogP contribution in [-0.2, 0) is 19.6 Å². The van der Waals surface area contributed by atoms with E-state index in [0.29, 0.717) is 6.04 Å². The maximum absolute atomic E-state index is 9.49. The summed E-state index contributed by atoms with van der Waals surface area (Å²) < 4.78 is 2.20. The Balaban J connectivity index is 1.63. The van der Waals surface area contributed by atoms with Gasteiger partial charge >= 0.3 is 0 Å². The number of imidazole rings is 1. The third-order valence-corrected chi connectivity index (χ3v) is 4.97. The summed E-state index contributed by atoms with van der Waals surface area (Å²) in [6, 6.07) is 6.54. The molecule has 1 fully saturated rings. The molecule has 25 heavy (non-hydrogen) atoms. The van der Waals surface area contributed by atoms with Gasteiger partial charge in [-0.3, -0.25) is 14.8 Å². The van der Waals surface area contributed by atoms with Gasteiger partial charge in [-0.05, 0) is 32.4 Å². The lowest BCUT2D eigenvalue weighted by Crippen LogP contribution is -2.52. The Morgan fingerprint density at radius 3 is 2.88 bits per heavy atom. The van der Waals surface area contributed by atoms with Crippen LogP contribution in [0.1, 0.15) is 30.6 Å². The number of aryl methyl sites for hydroxylation is 2. The van der Waals surface area contributed by atoms with E-state index in [0.717, 1.165) is 62.9 Å². The molecule has 1 N–H and O–H groups in total. The van der Waals surface area contributed by atoms with Crippen LogP contribution in [0.2, 0.25) is 0 Å². The fourth-order valence-electron chi connectivity index (χ4n) is 3.61. The molecule has 1 saturated heterocycles. The van der Waals surface area contributed by atoms with E-state index in [-0.39, 0.29) is 6.61 Å². The molecule has 3 rings (SSSR count). The summed E-state index contributed by atoms with van der Waals surface area (Å²) in [4.78, 5) is 14.0. The minimum Gasteiger partial charge on any atom is -0.396 e. The van der Waals surface area contributed by atoms with Crippen LogP contribution < -0.4 is 0 Å². The molecule has 0 spiro atoms. The van der Waals surface area contributed by atoms with Crippen molar-refractivity contribution >= 4 is 0 Å². The summed E-state index contributed by atoms with van der Waals surface area (Å²) in [5, 5.41) is 9.49. The lowest BCUT2D eigenvalue weighted by Gasteiger charge is -2.41. The van der Waals surface area contributed by atoms with Gasteiger partial charge in [0.15, 0.2) is 0 Å². The van der Waals surface area contributed by atoms with E-state index >= 15 is 0 Å². The van der Waals surface area contributed by atoms with Crippen LogP contribution in [0, 0.1) is 6.92 Å². The van der Waals surface area contributed by atoms with E-state index in [1.54, 1.807) is 0 Å². The normalized spacial score (nSPS) is 19.4. The zero-order chi connectivity index (χ0) is 17.6. The molecular formula is C19H29N5O. The predicted molar refractivity (Wildman–Crippen MR) is 98.1 cm³/mol. The number of aliphatic hydroxyl groups excluding tert-OH is 1. The smallest absolute Gasteiger partial charge is 0.122 e. The zero-order valence-electron chi connectivity index (χ0n) is 15.3. The van der Waals surface area contributed by atoms with Gasteiger partial charge in [-0.15, -0.1) is 0 Å². The third-order valence-electron chi connectivity index (χ3n) is 4.97. The summed E-state index contributed by atoms with van der Waals surface area (Å²) in [5.41, 5.74) is 2.17. The topological polar surface area (TPSA) is 57.4 Å². The van der Waals surface area contributed by atoms with Crippen LogP contribution in [0.5, 0.6) is 0 Å². The molecule has 1 aliphatic rings. The van der Waals surface area contributed by atoms with Crippen molar-refractivity contribution in [3.05, 3.63) is 47.8 Å². The van der Waals surface area contributed by atoms with E-state index in [1.165, 1.54) is 0 Å². The summed E-state index contributed by atoms with van der Waals surface area (Å²) >= 11 is 0. The summed E-state index contributed by atoms with van der Waals surface area (Å²) in [5.74, 6) is 1.12. The van der Waals surface area contributed by atoms with Gasteiger partial charge in [0.2, 0.25) is 0 Å². The van der Waals surface area contributed by atoms with Crippen molar-refractivity contribution in [2.45, 2.75) is 45.9 Å². The molecule has 6 nitrogen and oxygen atoms in total. The van der Waals surface area contributed by atoms with E-state index < -0.39 is 0 Å². The van der Waals surface area contributed by atoms with E-state index in [2.05, 4.69) is 43.4 Å². The van der Waals surface area contributed by atoms with Crippen molar-refractivity contribution in [3.8, 4) is 0 Å². The van der Waals surface area contributed by atoms with Crippen LogP contribution in [0.15, 0.2) is 30.6 Å². The predicted octanol–water partition coefficient (Wildman–Crippen LogP) is 1.68. The van der Waals surface area contributed by atoms with E-state index in [4.69, 9.17) is 0 Å². The lowest BCUT2D eigenvalue weighted by molar-refractivity contribution is 0.0474. The van der Waals surface area contributed by atoms with Crippen molar-refractivity contribution in [2.75, 3.05) is 26.2 Å². The molecule has 2 aromatic rings. The Bertz CT molecular complexity index is 671. The van der Waals surface area contributed by atoms with Crippen LogP contribution in [0.3, 0.4) is 0 Å². The molecule has 136 valence electrons. The van der Waals surface area contributed by atoms with Gasteiger partial charge in [0.1, 0.15) is 5.82 Å². The number of hydrogen-bond acceptors (Lipinski definition) is 5. The highest BCUT2D eigenvalue weighted by molar-refractivity contribution is 5.10. The Labute approximate surface area is 150 Å². The molecular weight excluding hydrogens is 314 g/mol. The molecule has 3 heterocycles. The van der Waals surface area contributed by atoms with Crippen molar-refractivity contribution in [2.24, 2.45) is 0 Å². The van der Waals surface area contributed by atoms with Crippen LogP contribution >= 0.6 is 0 Å². The fourth-order valence-corrected chi connectivity index (χ4v) is 3.61. The molecule has 0 unspecified atom stereocenters. The van der Waals surface area contributed by atoms with Crippen LogP contribution in [-0.4, -0.2) is 61.7 Å². The minimum atomic E-state index is 0.222. The van der Waals surface area contributed by atoms with Gasteiger partial charge in [-0.2, -0.15) is 0 Å². The van der Waals surface area contributed by atoms with Gasteiger partial charge in [-0.25, -0.2) is 4.98 Å². The fraction of sp³-hybridized carbons (Fsp3) is 0.579. The second-order valence-electron chi connectivity index (χ2n) is 6.77. The number of rotatable bonds is 7. The van der Waals surface area contributed by atoms with E-state index in [9.17, 15) is 5.11 Å². The molecule has 1 atom stereocenters. The Hall–Kier alpha value is -1.76. The Kier molecular flexibility index (Phi) is 6.18. The quantitative estimate of drug-likeness (QED) is 0.829. The minimum absolute atomic E-state index is 0.222. The highest BCUT2D eigenvalue weighted by atomic mass is 16.3. The third kappa shape index (κ3) is 4.66. The molecule has 1 aliphatic heterocycles. The first-order chi connectivity index (χ1) is 12.2. The van der Waals surface area contributed by atoms with Crippen molar-refractivity contribution in [1.82, 2.24) is 24.3 Å². The highest BCUT2D eigenvalue weighted by Gasteiger charge is 2.27. The summed E-state index contributed by atoms with van der Waals surface area (Å²) in [6.07, 6.45) is 4.72. The van der Waals surface area contributed by atoms with Gasteiger partial charge in [0.05, 0.1) is 12.2 Å². The average molecular weight is 343 g/mol. The Morgan fingerprint density at radius 1 is 1.24 bits per heavy atom. The molecule has 0 aromatic carbocycles. The Morgan fingerprint density at radius 2 is 2.12 bits per heavy atom. The first-order valence-corrected chi connectivity index (χ1v) is 9.19. The molecule has 0 aliphatic carbocycles. The number of pyridine rings is 1. The summed E-state index contributed by atoms with van der Waals surface area (Å²) in [7, 11) is 0. The van der Waals surface area contributed by atoms with Crippen molar-refractivity contribution in [1.29, 1.82) is 0 Å². The van der Waals surface area contributed by atoms with Gasteiger partial charge < -0.3 is 9.67 Å². The van der Waals surface area contributed by atoms with Gasteiger partial charge in [0, 0.05) is 63.5 Å². The molecule has 0 bridgehead atoms. The summed E-state index contributed by atoms with van der Waals surface area (Å²) in [6.45, 7) is 10.0. The first-order valence-electron chi connectivity index (χ1n) is 9.19. The number of nitrogens with zero attached hydrogens (tertiary/aromatic N) is 5. The largest absolute Gasteiger partial charge is 0.396 e. The monoisotopic (exact) mass is 343 g/mol. The van der Waals surface area contributed by atoms with Crippen LogP contribution in [0.25, 0.3) is 0 Å². The molecule has 2 aromatic heterocycles. The molecule has 0 amide bonds. The second-order valence-corrected chi connectivity index (χ2v) is 6.77. The maximum Gasteiger partial charge on any atom is 0.122 e.